The van der Waals surface area contributed by atoms with Crippen molar-refractivity contribution >= 4 is 17.8 Å². The molecule has 0 aromatic heterocycles. The highest BCUT2D eigenvalue weighted by molar-refractivity contribution is 5.88. The maximum absolute atomic E-state index is 13.4. The number of aliphatic carboxylic acids is 1. The Labute approximate surface area is 195 Å². The first-order valence-corrected chi connectivity index (χ1v) is 12.0. The first kappa shape index (κ1) is 25.2. The van der Waals surface area contributed by atoms with Gasteiger partial charge in [-0.05, 0) is 64.4 Å². The minimum atomic E-state index is -1.01. The number of nitrogens with one attached hydrogen (secondary N) is 1. The molecule has 1 spiro atoms. The largest absolute Gasteiger partial charge is 0.480 e. The summed E-state index contributed by atoms with van der Waals surface area (Å²) in [5.41, 5.74) is 0.624. The molecule has 0 radical (unpaired) electrons. The molecule has 2 aliphatic heterocycles. The van der Waals surface area contributed by atoms with Crippen LogP contribution in [0.2, 0.25) is 0 Å². The number of carbonyl (C=O) groups is 3. The number of aryl methyl sites for hydroxylation is 1. The lowest BCUT2D eigenvalue weighted by Crippen LogP contribution is -2.62. The number of likely N-dealkylation sites (tertiary alicyclic amines) is 1. The Balaban J connectivity index is 1.70. The first-order valence-electron chi connectivity index (χ1n) is 12.0. The van der Waals surface area contributed by atoms with E-state index < -0.39 is 35.7 Å². The van der Waals surface area contributed by atoms with Gasteiger partial charge in [-0.25, -0.2) is 4.79 Å². The summed E-state index contributed by atoms with van der Waals surface area (Å²) in [7, 11) is 0. The van der Waals surface area contributed by atoms with Crippen LogP contribution in [0.5, 0.6) is 0 Å². The average Bonchev–Trinajstić information content (AvgIpc) is 2.82. The highest BCUT2D eigenvalue weighted by Gasteiger charge is 2.46. The van der Waals surface area contributed by atoms with Gasteiger partial charge in [0.1, 0.15) is 12.1 Å². The standard InChI is InChI=1S/C25H36N2O6/c1-3-32-24(31)20(12-11-19-9-5-4-6-10-19)26-18(2)22(28)27-17-25(14-7-8-16-33-25)15-13-21(27)23(29)30/h4-6,9-10,18,20-21,26H,3,7-8,11-17H2,1-2H3,(H,29,30)/t18-,20?,21-,25?/m0/s1. The van der Waals surface area contributed by atoms with Crippen LogP contribution in [-0.4, -0.2) is 71.3 Å². The SMILES string of the molecule is CCOC(=O)C(CCc1ccccc1)N[C@@H](C)C(=O)N1CC2(CCCCO2)CC[C@H]1C(=O)O. The Morgan fingerprint density at radius 3 is 2.64 bits per heavy atom. The number of carboxylic acids is 1. The molecule has 2 unspecified atom stereocenters. The van der Waals surface area contributed by atoms with E-state index in [1.807, 2.05) is 30.3 Å². The lowest BCUT2D eigenvalue weighted by Gasteiger charge is -2.47. The van der Waals surface area contributed by atoms with Crippen LogP contribution < -0.4 is 5.32 Å². The predicted molar refractivity (Wildman–Crippen MR) is 123 cm³/mol. The fraction of sp³-hybridized carbons (Fsp3) is 0.640. The van der Waals surface area contributed by atoms with E-state index in [2.05, 4.69) is 5.32 Å². The van der Waals surface area contributed by atoms with Crippen LogP contribution in [0.3, 0.4) is 0 Å². The maximum atomic E-state index is 13.4. The number of nitrogens with zero attached hydrogens (tertiary/aromatic N) is 1. The van der Waals surface area contributed by atoms with Gasteiger partial charge in [0, 0.05) is 6.61 Å². The number of esters is 1. The van der Waals surface area contributed by atoms with Crippen molar-refractivity contribution in [3.63, 3.8) is 0 Å². The van der Waals surface area contributed by atoms with Crippen molar-refractivity contribution in [1.29, 1.82) is 0 Å². The van der Waals surface area contributed by atoms with E-state index in [1.165, 1.54) is 4.90 Å². The molecule has 0 aliphatic carbocycles. The fourth-order valence-electron chi connectivity index (χ4n) is 4.87. The van der Waals surface area contributed by atoms with Crippen LogP contribution >= 0.6 is 0 Å². The third kappa shape index (κ3) is 6.54. The zero-order chi connectivity index (χ0) is 23.8. The number of ether oxygens (including phenoxy) is 2. The van der Waals surface area contributed by atoms with Gasteiger partial charge < -0.3 is 19.5 Å². The van der Waals surface area contributed by atoms with Gasteiger partial charge in [-0.15, -0.1) is 0 Å². The second-order valence-corrected chi connectivity index (χ2v) is 9.06. The molecule has 2 N–H and O–H groups in total. The van der Waals surface area contributed by atoms with Crippen molar-refractivity contribution in [2.75, 3.05) is 19.8 Å². The maximum Gasteiger partial charge on any atom is 0.326 e. The van der Waals surface area contributed by atoms with Crippen molar-refractivity contribution in [2.24, 2.45) is 0 Å². The van der Waals surface area contributed by atoms with E-state index in [0.29, 0.717) is 32.3 Å². The highest BCUT2D eigenvalue weighted by Crippen LogP contribution is 2.36. The molecule has 8 heteroatoms. The van der Waals surface area contributed by atoms with Crippen molar-refractivity contribution < 1.29 is 29.0 Å². The molecule has 33 heavy (non-hydrogen) atoms. The van der Waals surface area contributed by atoms with Crippen molar-refractivity contribution in [3.8, 4) is 0 Å². The Hall–Kier alpha value is -2.45. The first-order chi connectivity index (χ1) is 15.8. The highest BCUT2D eigenvalue weighted by atomic mass is 16.5. The number of benzene rings is 1. The minimum Gasteiger partial charge on any atom is -0.480 e. The summed E-state index contributed by atoms with van der Waals surface area (Å²) in [6.45, 7) is 4.58. The monoisotopic (exact) mass is 460 g/mol. The van der Waals surface area contributed by atoms with Gasteiger partial charge in [0.2, 0.25) is 5.91 Å². The van der Waals surface area contributed by atoms with Gasteiger partial charge in [-0.2, -0.15) is 0 Å². The summed E-state index contributed by atoms with van der Waals surface area (Å²) in [4.78, 5) is 39.4. The Morgan fingerprint density at radius 2 is 2.00 bits per heavy atom. The molecular weight excluding hydrogens is 424 g/mol. The third-order valence-corrected chi connectivity index (χ3v) is 6.67. The molecule has 182 valence electrons. The van der Waals surface area contributed by atoms with Gasteiger partial charge in [-0.1, -0.05) is 30.3 Å². The molecule has 1 amide bonds. The molecule has 2 aliphatic rings. The Morgan fingerprint density at radius 1 is 1.24 bits per heavy atom. The smallest absolute Gasteiger partial charge is 0.326 e. The Bertz CT molecular complexity index is 808. The second kappa shape index (κ2) is 11.6. The number of carboxylic acid groups (broad SMARTS) is 1. The second-order valence-electron chi connectivity index (χ2n) is 9.06. The quantitative estimate of drug-likeness (QED) is 0.546. The Kier molecular flexibility index (Phi) is 8.86. The molecule has 1 aromatic carbocycles. The fourth-order valence-corrected chi connectivity index (χ4v) is 4.87. The van der Waals surface area contributed by atoms with Crippen LogP contribution in [0.4, 0.5) is 0 Å². The molecule has 3 rings (SSSR count). The lowest BCUT2D eigenvalue weighted by molar-refractivity contribution is -0.169. The van der Waals surface area contributed by atoms with Gasteiger partial charge in [0.25, 0.3) is 0 Å². The predicted octanol–water partition coefficient (Wildman–Crippen LogP) is 2.54. The number of amides is 1. The molecule has 2 fully saturated rings. The van der Waals surface area contributed by atoms with Gasteiger partial charge in [0.05, 0.1) is 24.8 Å². The van der Waals surface area contributed by atoms with Crippen molar-refractivity contribution in [3.05, 3.63) is 35.9 Å². The summed E-state index contributed by atoms with van der Waals surface area (Å²) in [5.74, 6) is -1.74. The van der Waals surface area contributed by atoms with Crippen LogP contribution in [0.25, 0.3) is 0 Å². The number of carbonyl (C=O) groups excluding carboxylic acids is 2. The van der Waals surface area contributed by atoms with Crippen LogP contribution in [0.1, 0.15) is 57.9 Å². The van der Waals surface area contributed by atoms with E-state index >= 15 is 0 Å². The summed E-state index contributed by atoms with van der Waals surface area (Å²) >= 11 is 0. The van der Waals surface area contributed by atoms with E-state index in [0.717, 1.165) is 24.8 Å². The molecule has 1 aromatic rings. The number of piperidine rings is 1. The summed E-state index contributed by atoms with van der Waals surface area (Å²) in [6.07, 6.45) is 4.94. The molecule has 2 heterocycles. The average molecular weight is 461 g/mol. The minimum absolute atomic E-state index is 0.248. The van der Waals surface area contributed by atoms with E-state index in [9.17, 15) is 19.5 Å². The van der Waals surface area contributed by atoms with Gasteiger partial charge in [-0.3, -0.25) is 14.9 Å². The van der Waals surface area contributed by atoms with Gasteiger partial charge >= 0.3 is 11.9 Å². The molecular formula is C25H36N2O6. The number of hydrogen-bond acceptors (Lipinski definition) is 6. The third-order valence-electron chi connectivity index (χ3n) is 6.67. The summed E-state index contributed by atoms with van der Waals surface area (Å²) in [6, 6.07) is 7.51. The van der Waals surface area contributed by atoms with Crippen molar-refractivity contribution in [1.82, 2.24) is 10.2 Å². The molecule has 2 saturated heterocycles. The van der Waals surface area contributed by atoms with Crippen LogP contribution in [0, 0.1) is 0 Å². The zero-order valence-corrected chi connectivity index (χ0v) is 19.6. The van der Waals surface area contributed by atoms with Crippen LogP contribution in [-0.2, 0) is 30.3 Å². The summed E-state index contributed by atoms with van der Waals surface area (Å²) < 4.78 is 11.3. The number of rotatable bonds is 9. The summed E-state index contributed by atoms with van der Waals surface area (Å²) in [5, 5.41) is 12.9. The van der Waals surface area contributed by atoms with Crippen LogP contribution in [0.15, 0.2) is 30.3 Å². The van der Waals surface area contributed by atoms with E-state index in [-0.39, 0.29) is 19.1 Å². The number of hydrogen-bond donors (Lipinski definition) is 2. The van der Waals surface area contributed by atoms with Gasteiger partial charge in [0.15, 0.2) is 0 Å². The normalized spacial score (nSPS) is 24.8. The molecule has 0 bridgehead atoms. The molecule has 4 atom stereocenters. The molecule has 8 nitrogen and oxygen atoms in total. The zero-order valence-electron chi connectivity index (χ0n) is 19.6. The van der Waals surface area contributed by atoms with Crippen molar-refractivity contribution in [2.45, 2.75) is 82.5 Å². The lowest BCUT2D eigenvalue weighted by atomic mass is 9.82. The topological polar surface area (TPSA) is 105 Å². The molecule has 0 saturated carbocycles. The van der Waals surface area contributed by atoms with E-state index in [1.54, 1.807) is 13.8 Å². The van der Waals surface area contributed by atoms with E-state index in [4.69, 9.17) is 9.47 Å².